The van der Waals surface area contributed by atoms with E-state index < -0.39 is 6.67 Å². The van der Waals surface area contributed by atoms with Gasteiger partial charge in [-0.15, -0.1) is 0 Å². The Morgan fingerprint density at radius 2 is 1.89 bits per heavy atom. The maximum absolute atomic E-state index is 12.2. The van der Waals surface area contributed by atoms with Crippen LogP contribution >= 0.6 is 0 Å². The summed E-state index contributed by atoms with van der Waals surface area (Å²) in [7, 11) is 1.64. The van der Waals surface area contributed by atoms with Crippen molar-refractivity contribution < 1.29 is 13.9 Å². The lowest BCUT2D eigenvalue weighted by atomic mass is 10.0. The quantitative estimate of drug-likeness (QED) is 0.521. The molecule has 0 amide bonds. The molecule has 3 rings (SSSR count). The Hall–Kier alpha value is -2.47. The summed E-state index contributed by atoms with van der Waals surface area (Å²) in [5.41, 5.74) is 6.90. The molecule has 3 aromatic heterocycles. The molecule has 0 saturated heterocycles. The minimum Gasteiger partial charge on any atom is -0.480 e. The smallest absolute Gasteiger partial charge is 0.222 e. The van der Waals surface area contributed by atoms with Gasteiger partial charge in [-0.1, -0.05) is 13.8 Å². The molecule has 0 spiro atoms. The lowest BCUT2D eigenvalue weighted by Crippen LogP contribution is -2.07. The number of rotatable bonds is 8. The van der Waals surface area contributed by atoms with Gasteiger partial charge in [-0.2, -0.15) is 0 Å². The molecule has 150 valence electrons. The molecule has 5 nitrogen and oxygen atoms in total. The van der Waals surface area contributed by atoms with E-state index in [1.165, 1.54) is 0 Å². The molecular formula is C22H28FN3O2. The summed E-state index contributed by atoms with van der Waals surface area (Å²) in [6.45, 7) is 9.14. The van der Waals surface area contributed by atoms with Crippen LogP contribution in [0.15, 0.2) is 24.4 Å². The van der Waals surface area contributed by atoms with Crippen molar-refractivity contribution in [2.45, 2.75) is 40.2 Å². The van der Waals surface area contributed by atoms with Gasteiger partial charge in [0.05, 0.1) is 42.6 Å². The minimum atomic E-state index is -0.457. The first-order valence-electron chi connectivity index (χ1n) is 9.62. The van der Waals surface area contributed by atoms with E-state index in [1.54, 1.807) is 7.11 Å². The number of halogens is 1. The summed E-state index contributed by atoms with van der Waals surface area (Å²) in [5.74, 6) is 0.924. The Morgan fingerprint density at radius 3 is 2.57 bits per heavy atom. The van der Waals surface area contributed by atoms with Crippen molar-refractivity contribution in [3.63, 3.8) is 0 Å². The van der Waals surface area contributed by atoms with E-state index in [9.17, 15) is 4.39 Å². The van der Waals surface area contributed by atoms with Crippen LogP contribution in [0.2, 0.25) is 0 Å². The first-order valence-corrected chi connectivity index (χ1v) is 9.62. The fraction of sp³-hybridized carbons (Fsp3) is 0.455. The molecule has 0 aliphatic rings. The number of nitrogens with zero attached hydrogens (tertiary/aromatic N) is 3. The maximum Gasteiger partial charge on any atom is 0.222 e. The van der Waals surface area contributed by atoms with Crippen molar-refractivity contribution >= 4 is 11.0 Å². The normalized spacial score (nSPS) is 11.5. The number of pyridine rings is 2. The van der Waals surface area contributed by atoms with Gasteiger partial charge in [0.1, 0.15) is 6.67 Å². The molecule has 0 unspecified atom stereocenters. The van der Waals surface area contributed by atoms with Gasteiger partial charge in [-0.05, 0) is 49.1 Å². The maximum atomic E-state index is 12.2. The molecule has 0 aliphatic heterocycles. The number of hydrogen-bond donors (Lipinski definition) is 0. The average Bonchev–Trinajstić information content (AvgIpc) is 2.98. The molecule has 0 aromatic carbocycles. The van der Waals surface area contributed by atoms with Crippen LogP contribution in [0, 0.1) is 13.8 Å². The van der Waals surface area contributed by atoms with Gasteiger partial charge in [0, 0.05) is 18.4 Å². The van der Waals surface area contributed by atoms with Crippen LogP contribution in [0.3, 0.4) is 0 Å². The Morgan fingerprint density at radius 1 is 1.11 bits per heavy atom. The van der Waals surface area contributed by atoms with Crippen LogP contribution in [0.4, 0.5) is 4.39 Å². The van der Waals surface area contributed by atoms with E-state index in [4.69, 9.17) is 14.5 Å². The minimum absolute atomic E-state index is 0.138. The zero-order valence-corrected chi connectivity index (χ0v) is 17.3. The van der Waals surface area contributed by atoms with Gasteiger partial charge < -0.3 is 14.0 Å². The summed E-state index contributed by atoms with van der Waals surface area (Å²) in [6.07, 6.45) is 2.07. The molecular weight excluding hydrogens is 357 g/mol. The van der Waals surface area contributed by atoms with Crippen LogP contribution in [-0.4, -0.2) is 41.5 Å². The van der Waals surface area contributed by atoms with Gasteiger partial charge in [-0.3, -0.25) is 0 Å². The SMILES string of the molecule is COc1nc(C(C)C)ccc1-c1nc2c(C)cn(CCOCCF)c2cc1C. The van der Waals surface area contributed by atoms with Gasteiger partial charge in [-0.25, -0.2) is 14.4 Å². The van der Waals surface area contributed by atoms with Crippen LogP contribution < -0.4 is 4.74 Å². The van der Waals surface area contributed by atoms with Crippen molar-refractivity contribution in [3.8, 4) is 17.1 Å². The Kier molecular flexibility index (Phi) is 6.29. The molecule has 0 bridgehead atoms. The molecule has 0 atom stereocenters. The Bertz CT molecular complexity index is 966. The lowest BCUT2D eigenvalue weighted by Gasteiger charge is -2.13. The molecule has 6 heteroatoms. The highest BCUT2D eigenvalue weighted by molar-refractivity contribution is 5.85. The number of fused-ring (bicyclic) bond motifs is 1. The van der Waals surface area contributed by atoms with Gasteiger partial charge >= 0.3 is 0 Å². The number of aromatic nitrogens is 3. The van der Waals surface area contributed by atoms with Crippen LogP contribution in [-0.2, 0) is 11.3 Å². The summed E-state index contributed by atoms with van der Waals surface area (Å²) >= 11 is 0. The Labute approximate surface area is 165 Å². The van der Waals surface area contributed by atoms with Crippen LogP contribution in [0.5, 0.6) is 5.88 Å². The topological polar surface area (TPSA) is 49.2 Å². The van der Waals surface area contributed by atoms with E-state index in [0.717, 1.165) is 39.1 Å². The van der Waals surface area contributed by atoms with Crippen molar-refractivity contribution in [2.75, 3.05) is 27.0 Å². The second-order valence-electron chi connectivity index (χ2n) is 7.28. The summed E-state index contributed by atoms with van der Waals surface area (Å²) in [6, 6.07) is 6.21. The van der Waals surface area contributed by atoms with Crippen LogP contribution in [0.1, 0.15) is 36.6 Å². The molecule has 0 saturated carbocycles. The molecule has 3 heterocycles. The van der Waals surface area contributed by atoms with Crippen molar-refractivity contribution in [1.29, 1.82) is 0 Å². The van der Waals surface area contributed by atoms with Gasteiger partial charge in [0.25, 0.3) is 0 Å². The monoisotopic (exact) mass is 385 g/mol. The highest BCUT2D eigenvalue weighted by Crippen LogP contribution is 2.33. The third-order valence-corrected chi connectivity index (χ3v) is 4.85. The summed E-state index contributed by atoms with van der Waals surface area (Å²) in [4.78, 5) is 9.61. The zero-order valence-electron chi connectivity index (χ0n) is 17.3. The van der Waals surface area contributed by atoms with Crippen molar-refractivity contribution in [2.24, 2.45) is 0 Å². The fourth-order valence-electron chi connectivity index (χ4n) is 3.36. The predicted molar refractivity (Wildman–Crippen MR) is 110 cm³/mol. The number of aryl methyl sites for hydroxylation is 2. The average molecular weight is 385 g/mol. The fourth-order valence-corrected chi connectivity index (χ4v) is 3.36. The van der Waals surface area contributed by atoms with E-state index in [2.05, 4.69) is 35.7 Å². The van der Waals surface area contributed by atoms with E-state index >= 15 is 0 Å². The number of methoxy groups -OCH3 is 1. The largest absolute Gasteiger partial charge is 0.480 e. The van der Waals surface area contributed by atoms with E-state index in [0.29, 0.717) is 24.9 Å². The van der Waals surface area contributed by atoms with Crippen molar-refractivity contribution in [1.82, 2.24) is 14.5 Å². The number of alkyl halides is 1. The molecule has 3 aromatic rings. The third-order valence-electron chi connectivity index (χ3n) is 4.85. The summed E-state index contributed by atoms with van der Waals surface area (Å²) < 4.78 is 25.2. The zero-order chi connectivity index (χ0) is 20.3. The molecule has 0 radical (unpaired) electrons. The highest BCUT2D eigenvalue weighted by atomic mass is 19.1. The number of ether oxygens (including phenoxy) is 2. The standard InChI is InChI=1S/C22H28FN3O2/c1-14(2)18-7-6-17(22(24-18)27-5)20-15(3)12-19-21(25-20)16(4)13-26(19)9-11-28-10-8-23/h6-7,12-14H,8-11H2,1-5H3. The molecule has 28 heavy (non-hydrogen) atoms. The van der Waals surface area contributed by atoms with E-state index in [-0.39, 0.29) is 6.61 Å². The third kappa shape index (κ3) is 4.02. The second kappa shape index (κ2) is 8.69. The Balaban J connectivity index is 2.02. The predicted octanol–water partition coefficient (Wildman–Crippen LogP) is 4.83. The second-order valence-corrected chi connectivity index (χ2v) is 7.28. The first kappa shape index (κ1) is 20.3. The van der Waals surface area contributed by atoms with Crippen molar-refractivity contribution in [3.05, 3.63) is 41.2 Å². The molecule has 0 fully saturated rings. The molecule has 0 N–H and O–H groups in total. The highest BCUT2D eigenvalue weighted by Gasteiger charge is 2.17. The first-order chi connectivity index (χ1) is 13.5. The van der Waals surface area contributed by atoms with Gasteiger partial charge in [0.2, 0.25) is 5.88 Å². The lowest BCUT2D eigenvalue weighted by molar-refractivity contribution is 0.113. The number of hydrogen-bond acceptors (Lipinski definition) is 4. The molecule has 0 aliphatic carbocycles. The van der Waals surface area contributed by atoms with E-state index in [1.807, 2.05) is 26.0 Å². The van der Waals surface area contributed by atoms with Crippen LogP contribution in [0.25, 0.3) is 22.3 Å². The summed E-state index contributed by atoms with van der Waals surface area (Å²) in [5, 5.41) is 0. The van der Waals surface area contributed by atoms with Gasteiger partial charge in [0.15, 0.2) is 0 Å².